The zero-order chi connectivity index (χ0) is 18.7. The number of halogens is 4. The van der Waals surface area contributed by atoms with Gasteiger partial charge in [0, 0.05) is 12.7 Å². The summed E-state index contributed by atoms with van der Waals surface area (Å²) in [6.07, 6.45) is 2.27. The highest BCUT2D eigenvalue weighted by molar-refractivity contribution is 7.99. The summed E-state index contributed by atoms with van der Waals surface area (Å²) in [5.74, 6) is 0.400. The van der Waals surface area contributed by atoms with E-state index in [1.807, 2.05) is 0 Å². The van der Waals surface area contributed by atoms with Crippen LogP contribution in [0.1, 0.15) is 37.7 Å². The molecule has 0 aliphatic heterocycles. The molecule has 0 radical (unpaired) electrons. The summed E-state index contributed by atoms with van der Waals surface area (Å²) in [6, 6.07) is 0.816. The van der Waals surface area contributed by atoms with Crippen molar-refractivity contribution < 1.29 is 18.0 Å². The summed E-state index contributed by atoms with van der Waals surface area (Å²) in [4.78, 5) is 12.0. The number of carbonyl (C=O) groups excluding carboxylic acids is 1. The lowest BCUT2D eigenvalue weighted by Crippen LogP contribution is -2.31. The molecule has 1 N–H and O–H groups in total. The molecule has 0 bridgehead atoms. The van der Waals surface area contributed by atoms with Crippen LogP contribution in [0.15, 0.2) is 17.4 Å². The molecule has 1 saturated carbocycles. The van der Waals surface area contributed by atoms with Crippen LogP contribution in [-0.4, -0.2) is 32.8 Å². The third-order valence-corrected chi connectivity index (χ3v) is 5.62. The van der Waals surface area contributed by atoms with E-state index in [4.69, 9.17) is 11.6 Å². The highest BCUT2D eigenvalue weighted by Gasteiger charge is 2.32. The molecule has 26 heavy (non-hydrogen) atoms. The first kappa shape index (κ1) is 19.3. The minimum Gasteiger partial charge on any atom is -0.355 e. The number of amides is 1. The first-order valence-corrected chi connectivity index (χ1v) is 9.72. The van der Waals surface area contributed by atoms with Crippen LogP contribution in [0.25, 0.3) is 5.65 Å². The number of alkyl halides is 3. The molecule has 142 valence electrons. The van der Waals surface area contributed by atoms with Gasteiger partial charge in [-0.3, -0.25) is 9.20 Å². The lowest BCUT2D eigenvalue weighted by molar-refractivity contribution is -0.137. The Bertz CT molecular complexity index is 790. The van der Waals surface area contributed by atoms with Gasteiger partial charge in [0.2, 0.25) is 5.91 Å². The number of pyridine rings is 1. The summed E-state index contributed by atoms with van der Waals surface area (Å²) in [6.45, 7) is 0.643. The van der Waals surface area contributed by atoms with Crippen molar-refractivity contribution in [1.29, 1.82) is 0 Å². The normalized spacial score (nSPS) is 16.2. The number of hydrogen-bond donors (Lipinski definition) is 1. The second kappa shape index (κ2) is 8.04. The summed E-state index contributed by atoms with van der Waals surface area (Å²) < 4.78 is 40.0. The van der Waals surface area contributed by atoms with E-state index in [1.165, 1.54) is 23.7 Å². The standard InChI is InChI=1S/C16H18ClF3N4OS/c17-12-6-11(16(18,19)20)8-24-14(12)22-23-15(24)26-9-13(25)21-7-10-4-2-1-3-5-10/h6,8,10H,1-5,7,9H2,(H,21,25). The average Bonchev–Trinajstić information content (AvgIpc) is 3.02. The minimum atomic E-state index is -4.53. The zero-order valence-corrected chi connectivity index (χ0v) is 15.4. The van der Waals surface area contributed by atoms with Crippen LogP contribution in [0.2, 0.25) is 5.02 Å². The molecule has 10 heteroatoms. The third kappa shape index (κ3) is 4.62. The van der Waals surface area contributed by atoms with Crippen LogP contribution in [-0.2, 0) is 11.0 Å². The van der Waals surface area contributed by atoms with Crippen molar-refractivity contribution in [2.45, 2.75) is 43.4 Å². The minimum absolute atomic E-state index is 0.0569. The molecule has 1 fully saturated rings. The highest BCUT2D eigenvalue weighted by atomic mass is 35.5. The maximum atomic E-state index is 12.9. The molecule has 0 atom stereocenters. The molecule has 0 aromatic carbocycles. The van der Waals surface area contributed by atoms with Crippen molar-refractivity contribution >= 4 is 34.9 Å². The van der Waals surface area contributed by atoms with Gasteiger partial charge in [0.15, 0.2) is 10.8 Å². The Morgan fingerprint density at radius 3 is 2.73 bits per heavy atom. The number of nitrogens with zero attached hydrogens (tertiary/aromatic N) is 3. The molecule has 0 unspecified atom stereocenters. The SMILES string of the molecule is O=C(CSc1nnc2c(Cl)cc(C(F)(F)F)cn12)NCC1CCCCC1. The van der Waals surface area contributed by atoms with Crippen LogP contribution in [0.4, 0.5) is 13.2 Å². The van der Waals surface area contributed by atoms with Gasteiger partial charge in [-0.25, -0.2) is 0 Å². The molecule has 2 aromatic rings. The van der Waals surface area contributed by atoms with Crippen LogP contribution in [0.3, 0.4) is 0 Å². The highest BCUT2D eigenvalue weighted by Crippen LogP contribution is 2.33. The quantitative estimate of drug-likeness (QED) is 0.756. The van der Waals surface area contributed by atoms with Gasteiger partial charge in [0.25, 0.3) is 0 Å². The molecule has 1 aliphatic carbocycles. The second-order valence-electron chi connectivity index (χ2n) is 6.35. The number of hydrogen-bond acceptors (Lipinski definition) is 4. The van der Waals surface area contributed by atoms with Crippen LogP contribution < -0.4 is 5.32 Å². The molecule has 0 saturated heterocycles. The fourth-order valence-electron chi connectivity index (χ4n) is 3.02. The fourth-order valence-corrected chi connectivity index (χ4v) is 4.00. The number of fused-ring (bicyclic) bond motifs is 1. The Labute approximate surface area is 157 Å². The Morgan fingerprint density at radius 2 is 2.04 bits per heavy atom. The molecule has 1 aliphatic rings. The van der Waals surface area contributed by atoms with Gasteiger partial charge in [-0.05, 0) is 24.8 Å². The summed E-state index contributed by atoms with van der Waals surface area (Å²) in [7, 11) is 0. The monoisotopic (exact) mass is 406 g/mol. The van der Waals surface area contributed by atoms with Gasteiger partial charge in [0.1, 0.15) is 0 Å². The molecule has 2 aromatic heterocycles. The van der Waals surface area contributed by atoms with E-state index in [9.17, 15) is 18.0 Å². The number of thioether (sulfide) groups is 1. The van der Waals surface area contributed by atoms with Crippen molar-refractivity contribution in [3.63, 3.8) is 0 Å². The Morgan fingerprint density at radius 1 is 1.31 bits per heavy atom. The first-order chi connectivity index (χ1) is 12.3. The van der Waals surface area contributed by atoms with Crippen molar-refractivity contribution in [3.8, 4) is 0 Å². The van der Waals surface area contributed by atoms with Gasteiger partial charge in [0.05, 0.1) is 16.3 Å². The largest absolute Gasteiger partial charge is 0.417 e. The van der Waals surface area contributed by atoms with Gasteiger partial charge < -0.3 is 5.32 Å². The number of carbonyl (C=O) groups is 1. The lowest BCUT2D eigenvalue weighted by atomic mass is 9.89. The summed E-state index contributed by atoms with van der Waals surface area (Å²) in [5.41, 5.74) is -0.761. The molecule has 1 amide bonds. The van der Waals surface area contributed by atoms with Gasteiger partial charge >= 0.3 is 6.18 Å². The molecule has 2 heterocycles. The van der Waals surface area contributed by atoms with E-state index in [1.54, 1.807) is 0 Å². The van der Waals surface area contributed by atoms with E-state index >= 15 is 0 Å². The van der Waals surface area contributed by atoms with Crippen molar-refractivity contribution in [2.24, 2.45) is 5.92 Å². The molecule has 3 rings (SSSR count). The first-order valence-electron chi connectivity index (χ1n) is 8.35. The lowest BCUT2D eigenvalue weighted by Gasteiger charge is -2.21. The van der Waals surface area contributed by atoms with E-state index in [0.29, 0.717) is 12.5 Å². The topological polar surface area (TPSA) is 59.3 Å². The van der Waals surface area contributed by atoms with Crippen LogP contribution in [0.5, 0.6) is 0 Å². The predicted octanol–water partition coefficient (Wildman–Crippen LogP) is 4.19. The zero-order valence-electron chi connectivity index (χ0n) is 13.9. The smallest absolute Gasteiger partial charge is 0.355 e. The molecular weight excluding hydrogens is 389 g/mol. The average molecular weight is 407 g/mol. The molecular formula is C16H18ClF3N4OS. The van der Waals surface area contributed by atoms with Crippen molar-refractivity contribution in [3.05, 3.63) is 22.8 Å². The van der Waals surface area contributed by atoms with E-state index < -0.39 is 11.7 Å². The number of nitrogens with one attached hydrogen (secondary N) is 1. The maximum Gasteiger partial charge on any atom is 0.417 e. The number of rotatable bonds is 5. The third-order valence-electron chi connectivity index (χ3n) is 4.40. The molecule has 5 nitrogen and oxygen atoms in total. The Hall–Kier alpha value is -1.48. The summed E-state index contributed by atoms with van der Waals surface area (Å²) >= 11 is 6.90. The van der Waals surface area contributed by atoms with E-state index in [0.717, 1.165) is 36.9 Å². The van der Waals surface area contributed by atoms with E-state index in [2.05, 4.69) is 15.5 Å². The number of aromatic nitrogens is 3. The van der Waals surface area contributed by atoms with Gasteiger partial charge in [-0.1, -0.05) is 42.6 Å². The van der Waals surface area contributed by atoms with Crippen molar-refractivity contribution in [2.75, 3.05) is 12.3 Å². The Kier molecular flexibility index (Phi) is 5.96. The van der Waals surface area contributed by atoms with E-state index in [-0.39, 0.29) is 27.5 Å². The van der Waals surface area contributed by atoms with Gasteiger partial charge in [-0.15, -0.1) is 10.2 Å². The maximum absolute atomic E-state index is 12.9. The van der Waals surface area contributed by atoms with Crippen molar-refractivity contribution in [1.82, 2.24) is 19.9 Å². The second-order valence-corrected chi connectivity index (χ2v) is 7.70. The van der Waals surface area contributed by atoms with Gasteiger partial charge in [-0.2, -0.15) is 13.2 Å². The van der Waals surface area contributed by atoms with Crippen LogP contribution >= 0.6 is 23.4 Å². The fraction of sp³-hybridized carbons (Fsp3) is 0.562. The Balaban J connectivity index is 1.63. The predicted molar refractivity (Wildman–Crippen MR) is 93.3 cm³/mol. The summed E-state index contributed by atoms with van der Waals surface area (Å²) in [5, 5.41) is 10.6. The molecule has 0 spiro atoms. The van der Waals surface area contributed by atoms with Crippen LogP contribution in [0, 0.1) is 5.92 Å².